The largest absolute Gasteiger partial charge is 0.463 e. The van der Waals surface area contributed by atoms with Gasteiger partial charge in [-0.15, -0.1) is 11.8 Å². The number of hydrogen-bond acceptors (Lipinski definition) is 8. The summed E-state index contributed by atoms with van der Waals surface area (Å²) in [6.45, 7) is 5.50. The van der Waals surface area contributed by atoms with E-state index in [0.717, 1.165) is 21.6 Å². The number of aromatic nitrogens is 1. The second kappa shape index (κ2) is 11.1. The van der Waals surface area contributed by atoms with E-state index in [1.54, 1.807) is 67.4 Å². The summed E-state index contributed by atoms with van der Waals surface area (Å²) in [7, 11) is 0. The number of hydrogen-bond donors (Lipinski definition) is 1. The van der Waals surface area contributed by atoms with Crippen molar-refractivity contribution in [2.24, 2.45) is 4.99 Å². The van der Waals surface area contributed by atoms with Gasteiger partial charge in [-0.25, -0.2) is 15.0 Å². The number of benzene rings is 2. The number of thioether (sulfide) groups is 1. The van der Waals surface area contributed by atoms with Crippen LogP contribution in [0.4, 0.5) is 5.69 Å². The lowest BCUT2D eigenvalue weighted by atomic mass is 9.96. The van der Waals surface area contributed by atoms with E-state index in [9.17, 15) is 14.5 Å². The third-order valence-corrected chi connectivity index (χ3v) is 8.27. The number of carbonyl (C=O) groups excluding carboxylic acids is 1. The highest BCUT2D eigenvalue weighted by atomic mass is 32.2. The number of allylic oxidation sites excluding steroid dienone is 1. The standard InChI is InChI=1S/C29H26N3O6S2/c1-5-37-28(34)25-17(3)30-29-31(26(25)18-6-10-21(39-4)11-7-18)27(33)24(40-29)15-20-9-13-23(38-20)22-12-8-19(32(35)36)14-16(22)2/h6-15,26H,5H2,1-4H3,(H,35,36)/q+1/b24-15-. The molecule has 0 radical (unpaired) electrons. The molecule has 40 heavy (non-hydrogen) atoms. The fraction of sp³-hybridized carbons (Fsp3) is 0.207. The normalized spacial score (nSPS) is 15.1. The lowest BCUT2D eigenvalue weighted by Gasteiger charge is -2.24. The van der Waals surface area contributed by atoms with Crippen molar-refractivity contribution in [3.63, 3.8) is 0 Å². The Hall–Kier alpha value is -4.22. The summed E-state index contributed by atoms with van der Waals surface area (Å²) >= 11 is 2.82. The first-order valence-corrected chi connectivity index (χ1v) is 14.5. The number of aryl methyl sites for hydroxylation is 1. The minimum absolute atomic E-state index is 0.115. The highest BCUT2D eigenvalue weighted by Crippen LogP contribution is 2.32. The van der Waals surface area contributed by atoms with Crippen LogP contribution in [0, 0.1) is 11.8 Å². The minimum Gasteiger partial charge on any atom is -0.463 e. The van der Waals surface area contributed by atoms with E-state index in [2.05, 4.69) is 4.99 Å². The van der Waals surface area contributed by atoms with Crippen molar-refractivity contribution in [3.8, 4) is 11.3 Å². The van der Waals surface area contributed by atoms with Crippen LogP contribution in [0.25, 0.3) is 17.4 Å². The molecule has 1 atom stereocenters. The highest BCUT2D eigenvalue weighted by molar-refractivity contribution is 7.98. The Morgan fingerprint density at radius 3 is 2.60 bits per heavy atom. The molecule has 0 saturated carbocycles. The number of thiazole rings is 1. The topological polar surface area (TPSA) is 114 Å². The summed E-state index contributed by atoms with van der Waals surface area (Å²) in [4.78, 5) is 44.0. The van der Waals surface area contributed by atoms with Crippen LogP contribution in [-0.2, 0) is 9.53 Å². The molecule has 5 rings (SSSR count). The molecule has 1 unspecified atom stereocenters. The molecule has 3 heterocycles. The van der Waals surface area contributed by atoms with Crippen LogP contribution in [-0.4, -0.2) is 33.5 Å². The second-order valence-electron chi connectivity index (χ2n) is 9.05. The third kappa shape index (κ3) is 5.05. The highest BCUT2D eigenvalue weighted by Gasteiger charge is 2.33. The maximum atomic E-state index is 13.8. The lowest BCUT2D eigenvalue weighted by Crippen LogP contribution is -2.39. The van der Waals surface area contributed by atoms with Gasteiger partial charge >= 0.3 is 11.7 Å². The fourth-order valence-corrected chi connectivity index (χ4v) is 6.08. The molecule has 0 amide bonds. The molecule has 0 saturated heterocycles. The fourth-order valence-electron chi connectivity index (χ4n) is 4.64. The van der Waals surface area contributed by atoms with Gasteiger partial charge in [0.1, 0.15) is 11.5 Å². The zero-order valence-electron chi connectivity index (χ0n) is 22.2. The van der Waals surface area contributed by atoms with Gasteiger partial charge in [-0.3, -0.25) is 9.36 Å². The second-order valence-corrected chi connectivity index (χ2v) is 10.9. The average molecular weight is 577 g/mol. The Morgan fingerprint density at radius 1 is 1.20 bits per heavy atom. The Kier molecular flexibility index (Phi) is 7.59. The number of nitrogens with zero attached hydrogens (tertiary/aromatic N) is 3. The molecule has 0 spiro atoms. The van der Waals surface area contributed by atoms with Gasteiger partial charge in [-0.05, 0) is 68.5 Å². The van der Waals surface area contributed by atoms with Gasteiger partial charge in [-0.1, -0.05) is 23.5 Å². The summed E-state index contributed by atoms with van der Waals surface area (Å²) < 4.78 is 13.3. The van der Waals surface area contributed by atoms with Crippen molar-refractivity contribution in [2.75, 3.05) is 12.9 Å². The first-order valence-electron chi connectivity index (χ1n) is 12.4. The Labute approximate surface area is 237 Å². The molecule has 1 aliphatic rings. The van der Waals surface area contributed by atoms with E-state index in [1.165, 1.54) is 17.4 Å². The molecule has 0 aliphatic carbocycles. The molecule has 9 nitrogen and oxygen atoms in total. The number of esters is 1. The maximum absolute atomic E-state index is 13.8. The summed E-state index contributed by atoms with van der Waals surface area (Å²) in [6.07, 6.45) is 3.64. The van der Waals surface area contributed by atoms with Crippen LogP contribution >= 0.6 is 23.1 Å². The number of ether oxygens (including phenoxy) is 1. The van der Waals surface area contributed by atoms with Crippen LogP contribution < -0.4 is 14.9 Å². The predicted molar refractivity (Wildman–Crippen MR) is 153 cm³/mol. The van der Waals surface area contributed by atoms with E-state index < -0.39 is 12.0 Å². The zero-order valence-corrected chi connectivity index (χ0v) is 23.8. The van der Waals surface area contributed by atoms with E-state index >= 15 is 0 Å². The number of furan rings is 1. The molecule has 1 aliphatic heterocycles. The van der Waals surface area contributed by atoms with E-state index in [0.29, 0.717) is 32.1 Å². The van der Waals surface area contributed by atoms with Crippen LogP contribution in [0.15, 0.2) is 85.0 Å². The van der Waals surface area contributed by atoms with E-state index in [1.807, 2.05) is 30.5 Å². The summed E-state index contributed by atoms with van der Waals surface area (Å²) in [5.74, 6) is 0.500. The van der Waals surface area contributed by atoms with Crippen LogP contribution in [0.5, 0.6) is 0 Å². The molecule has 2 aromatic heterocycles. The van der Waals surface area contributed by atoms with Crippen molar-refractivity contribution < 1.29 is 24.1 Å². The summed E-state index contributed by atoms with van der Waals surface area (Å²) in [6, 6.07) is 15.3. The molecule has 0 bridgehead atoms. The van der Waals surface area contributed by atoms with Gasteiger partial charge in [0.15, 0.2) is 4.80 Å². The minimum atomic E-state index is -0.686. The van der Waals surface area contributed by atoms with Gasteiger partial charge in [0, 0.05) is 28.7 Å². The van der Waals surface area contributed by atoms with Crippen LogP contribution in [0.3, 0.4) is 0 Å². The monoisotopic (exact) mass is 576 g/mol. The smallest absolute Gasteiger partial charge is 0.338 e. The van der Waals surface area contributed by atoms with Crippen molar-refractivity contribution in [2.45, 2.75) is 31.7 Å². The molecular formula is C29H26N3O6S2+. The van der Waals surface area contributed by atoms with Crippen molar-refractivity contribution in [1.82, 2.24) is 4.57 Å². The van der Waals surface area contributed by atoms with Crippen LogP contribution in [0.1, 0.15) is 36.8 Å². The van der Waals surface area contributed by atoms with Gasteiger partial charge in [0.05, 0.1) is 33.4 Å². The molecule has 2 aromatic carbocycles. The summed E-state index contributed by atoms with van der Waals surface area (Å²) in [5.41, 5.74) is 2.91. The molecule has 4 aromatic rings. The number of carbonyl (C=O) groups is 1. The lowest BCUT2D eigenvalue weighted by molar-refractivity contribution is -0.729. The van der Waals surface area contributed by atoms with E-state index in [4.69, 9.17) is 14.4 Å². The van der Waals surface area contributed by atoms with E-state index in [-0.39, 0.29) is 22.8 Å². The van der Waals surface area contributed by atoms with Gasteiger partial charge in [-0.2, -0.15) is 0 Å². The number of fused-ring (bicyclic) bond motifs is 1. The summed E-state index contributed by atoms with van der Waals surface area (Å²) in [5, 5.41) is 9.16. The molecule has 0 fully saturated rings. The SMILES string of the molecule is CCOC(=O)C1=C(C)N=c2s/c(=C\c3ccc(-c4ccc([N+](=O)O)cc4C)o3)c(=O)n2C1c1ccc(SC)cc1. The Morgan fingerprint density at radius 2 is 1.95 bits per heavy atom. The maximum Gasteiger partial charge on any atom is 0.338 e. The first kappa shape index (κ1) is 27.4. The van der Waals surface area contributed by atoms with Crippen molar-refractivity contribution in [1.29, 1.82) is 0 Å². The van der Waals surface area contributed by atoms with Crippen molar-refractivity contribution >= 4 is 40.8 Å². The average Bonchev–Trinajstić information content (AvgIpc) is 3.52. The van der Waals surface area contributed by atoms with Gasteiger partial charge < -0.3 is 9.15 Å². The van der Waals surface area contributed by atoms with Gasteiger partial charge in [0.25, 0.3) is 10.5 Å². The quantitative estimate of drug-likeness (QED) is 0.189. The molecule has 204 valence electrons. The van der Waals surface area contributed by atoms with Crippen molar-refractivity contribution in [3.05, 3.63) is 107 Å². The predicted octanol–water partition coefficient (Wildman–Crippen LogP) is 4.89. The van der Waals surface area contributed by atoms with Gasteiger partial charge in [0.2, 0.25) is 0 Å². The zero-order chi connectivity index (χ0) is 28.6. The van der Waals surface area contributed by atoms with Crippen LogP contribution in [0.2, 0.25) is 0 Å². The molecule has 1 N–H and O–H groups in total. The number of rotatable bonds is 7. The third-order valence-electron chi connectivity index (χ3n) is 6.55. The molecular weight excluding hydrogens is 550 g/mol. The Balaban J connectivity index is 1.60. The molecule has 11 heteroatoms. The first-order chi connectivity index (χ1) is 19.2. The Bertz CT molecular complexity index is 1850.